The Bertz CT molecular complexity index is 1240. The molecule has 36 heavy (non-hydrogen) atoms. The van der Waals surface area contributed by atoms with Crippen LogP contribution in [0.15, 0.2) is 47.4 Å². The predicted octanol–water partition coefficient (Wildman–Crippen LogP) is 4.56. The van der Waals surface area contributed by atoms with Crippen molar-refractivity contribution in [3.8, 4) is 0 Å². The molecule has 2 aromatic carbocycles. The first-order valence-corrected chi connectivity index (χ1v) is 14.4. The van der Waals surface area contributed by atoms with Crippen molar-refractivity contribution in [2.24, 2.45) is 0 Å². The van der Waals surface area contributed by atoms with Crippen molar-refractivity contribution in [1.29, 1.82) is 0 Å². The van der Waals surface area contributed by atoms with Crippen LogP contribution in [0.25, 0.3) is 0 Å². The van der Waals surface area contributed by atoms with Crippen LogP contribution in [0.4, 0.5) is 13.2 Å². The fraction of sp³-hybridized carbons (Fsp3) is 0.435. The Kier molecular flexibility index (Phi) is 8.19. The van der Waals surface area contributed by atoms with Gasteiger partial charge in [-0.2, -0.15) is 17.5 Å². The number of nitrogens with zero attached hydrogens (tertiary/aromatic N) is 1. The summed E-state index contributed by atoms with van der Waals surface area (Å²) in [5, 5.41) is 7.34. The summed E-state index contributed by atoms with van der Waals surface area (Å²) in [7, 11) is -4.07. The molecule has 2 aliphatic heterocycles. The number of carbonyl (C=O) groups is 1. The van der Waals surface area contributed by atoms with Gasteiger partial charge in [0.05, 0.1) is 21.4 Å². The molecule has 1 atom stereocenters. The largest absolute Gasteiger partial charge is 0.416 e. The third-order valence-electron chi connectivity index (χ3n) is 6.32. The molecule has 1 amide bonds. The average molecular weight is 582 g/mol. The molecule has 6 nitrogen and oxygen atoms in total. The number of nitrogens with one attached hydrogen (secondary N) is 2. The summed E-state index contributed by atoms with van der Waals surface area (Å²) >= 11 is 13.6. The van der Waals surface area contributed by atoms with Gasteiger partial charge in [0.15, 0.2) is 0 Å². The zero-order chi connectivity index (χ0) is 26.1. The van der Waals surface area contributed by atoms with Crippen LogP contribution in [0, 0.1) is 0 Å². The highest BCUT2D eigenvalue weighted by molar-refractivity contribution is 8.01. The van der Waals surface area contributed by atoms with Crippen LogP contribution in [0.3, 0.4) is 0 Å². The summed E-state index contributed by atoms with van der Waals surface area (Å²) in [5.41, 5.74) is -0.127. The molecule has 0 radical (unpaired) electrons. The number of halogens is 5. The minimum absolute atomic E-state index is 0.141. The molecule has 2 N–H and O–H groups in total. The molecule has 2 fully saturated rings. The second-order valence-electron chi connectivity index (χ2n) is 8.71. The molecular weight excluding hydrogens is 558 g/mol. The summed E-state index contributed by atoms with van der Waals surface area (Å²) in [5.74, 6) is 0.386. The van der Waals surface area contributed by atoms with Gasteiger partial charge in [-0.05, 0) is 55.2 Å². The van der Waals surface area contributed by atoms with Crippen molar-refractivity contribution in [3.05, 3.63) is 63.6 Å². The Hall–Kier alpha value is -1.50. The van der Waals surface area contributed by atoms with Crippen molar-refractivity contribution in [2.45, 2.75) is 41.2 Å². The quantitative estimate of drug-likeness (QED) is 0.523. The van der Waals surface area contributed by atoms with E-state index in [2.05, 4.69) is 10.6 Å². The Morgan fingerprint density at radius 1 is 1.17 bits per heavy atom. The van der Waals surface area contributed by atoms with Crippen LogP contribution in [0.2, 0.25) is 10.0 Å². The molecule has 2 saturated heterocycles. The van der Waals surface area contributed by atoms with Crippen LogP contribution in [-0.2, 0) is 27.4 Å². The van der Waals surface area contributed by atoms with Gasteiger partial charge < -0.3 is 5.32 Å². The smallest absolute Gasteiger partial charge is 0.354 e. The lowest BCUT2D eigenvalue weighted by Crippen LogP contribution is -2.54. The third kappa shape index (κ3) is 6.14. The van der Waals surface area contributed by atoms with E-state index in [1.54, 1.807) is 23.9 Å². The lowest BCUT2D eigenvalue weighted by molar-refractivity contribution is -0.137. The van der Waals surface area contributed by atoms with Gasteiger partial charge in [0, 0.05) is 35.4 Å². The first kappa shape index (κ1) is 27.5. The monoisotopic (exact) mass is 581 g/mol. The van der Waals surface area contributed by atoms with E-state index in [0.29, 0.717) is 47.7 Å². The van der Waals surface area contributed by atoms with E-state index in [1.165, 1.54) is 10.4 Å². The maximum Gasteiger partial charge on any atom is 0.416 e. The molecular formula is C23H24Cl2F3N3O3S2. The highest BCUT2D eigenvalue weighted by atomic mass is 35.5. The Labute approximate surface area is 221 Å². The van der Waals surface area contributed by atoms with Crippen molar-refractivity contribution in [2.75, 3.05) is 25.4 Å². The van der Waals surface area contributed by atoms with Crippen LogP contribution < -0.4 is 10.6 Å². The van der Waals surface area contributed by atoms with Gasteiger partial charge in [-0.15, -0.1) is 11.8 Å². The normalized spacial score (nSPS) is 20.5. The maximum absolute atomic E-state index is 13.0. The van der Waals surface area contributed by atoms with Gasteiger partial charge in [-0.25, -0.2) is 8.42 Å². The van der Waals surface area contributed by atoms with E-state index in [9.17, 15) is 26.4 Å². The Morgan fingerprint density at radius 2 is 1.89 bits per heavy atom. The highest BCUT2D eigenvalue weighted by Gasteiger charge is 2.45. The van der Waals surface area contributed by atoms with E-state index >= 15 is 0 Å². The molecule has 4 rings (SSSR count). The zero-order valence-electron chi connectivity index (χ0n) is 18.9. The topological polar surface area (TPSA) is 78.5 Å². The second-order valence-corrected chi connectivity index (χ2v) is 12.9. The number of thioether (sulfide) groups is 1. The number of sulfonamides is 1. The SMILES string of the molecule is O=C(NCCc1ccc(Cl)cc1Cl)C1CSC2(CCN(S(=O)(=O)c3cccc(C(F)(F)F)c3)CC2)N1. The first-order chi connectivity index (χ1) is 16.9. The van der Waals surface area contributed by atoms with E-state index in [-0.39, 0.29) is 23.9 Å². The van der Waals surface area contributed by atoms with Crippen molar-refractivity contribution in [1.82, 2.24) is 14.9 Å². The molecule has 196 valence electrons. The molecule has 2 aliphatic rings. The lowest BCUT2D eigenvalue weighted by atomic mass is 10.0. The van der Waals surface area contributed by atoms with Gasteiger partial charge in [0.1, 0.15) is 0 Å². The Morgan fingerprint density at radius 3 is 2.56 bits per heavy atom. The minimum Gasteiger partial charge on any atom is -0.354 e. The zero-order valence-corrected chi connectivity index (χ0v) is 22.1. The van der Waals surface area contributed by atoms with Crippen LogP contribution >= 0.6 is 35.0 Å². The summed E-state index contributed by atoms with van der Waals surface area (Å²) in [4.78, 5) is 11.8. The number of piperidine rings is 1. The first-order valence-electron chi connectivity index (χ1n) is 11.2. The predicted molar refractivity (Wildman–Crippen MR) is 135 cm³/mol. The van der Waals surface area contributed by atoms with Gasteiger partial charge >= 0.3 is 6.18 Å². The van der Waals surface area contributed by atoms with Crippen molar-refractivity contribution in [3.63, 3.8) is 0 Å². The number of hydrogen-bond acceptors (Lipinski definition) is 5. The molecule has 2 aromatic rings. The standard InChI is InChI=1S/C23H24Cl2F3N3O3S2/c24-17-5-4-15(19(25)13-17)6-9-29-21(32)20-14-35-22(30-20)7-10-31(11-8-22)36(33,34)18-3-1-2-16(12-18)23(26,27)28/h1-5,12-13,20,30H,6-11,14H2,(H,29,32). The summed E-state index contributed by atoms with van der Waals surface area (Å²) in [6.07, 6.45) is -3.21. The molecule has 1 unspecified atom stereocenters. The van der Waals surface area contributed by atoms with E-state index in [1.807, 2.05) is 6.07 Å². The van der Waals surface area contributed by atoms with Gasteiger partial charge in [-0.3, -0.25) is 10.1 Å². The molecule has 0 saturated carbocycles. The molecule has 0 aliphatic carbocycles. The van der Waals surface area contributed by atoms with Gasteiger partial charge in [0.2, 0.25) is 15.9 Å². The number of amides is 1. The van der Waals surface area contributed by atoms with Gasteiger partial charge in [0.25, 0.3) is 0 Å². The Balaban J connectivity index is 1.31. The fourth-order valence-electron chi connectivity index (χ4n) is 4.31. The van der Waals surface area contributed by atoms with Crippen LogP contribution in [0.5, 0.6) is 0 Å². The van der Waals surface area contributed by atoms with E-state index in [4.69, 9.17) is 23.2 Å². The minimum atomic E-state index is -4.63. The molecule has 0 bridgehead atoms. The van der Waals surface area contributed by atoms with Crippen LogP contribution in [-0.4, -0.2) is 54.9 Å². The fourth-order valence-corrected chi connectivity index (χ4v) is 7.72. The number of hydrogen-bond donors (Lipinski definition) is 2. The van der Waals surface area contributed by atoms with Crippen LogP contribution in [0.1, 0.15) is 24.0 Å². The van der Waals surface area contributed by atoms with Crippen molar-refractivity contribution >= 4 is 50.9 Å². The third-order valence-corrected chi connectivity index (χ3v) is 10.4. The lowest BCUT2D eigenvalue weighted by Gasteiger charge is -2.38. The molecule has 2 heterocycles. The highest BCUT2D eigenvalue weighted by Crippen LogP contribution is 2.40. The number of carbonyl (C=O) groups excluding carboxylic acids is 1. The second kappa shape index (κ2) is 10.7. The summed E-state index contributed by atoms with van der Waals surface area (Å²) in [6, 6.07) is 8.56. The number of benzene rings is 2. The summed E-state index contributed by atoms with van der Waals surface area (Å²) < 4.78 is 66.3. The van der Waals surface area contributed by atoms with E-state index in [0.717, 1.165) is 17.7 Å². The summed E-state index contributed by atoms with van der Waals surface area (Å²) in [6.45, 7) is 0.684. The number of rotatable bonds is 6. The molecule has 1 spiro atoms. The molecule has 13 heteroatoms. The molecule has 0 aromatic heterocycles. The maximum atomic E-state index is 13.0. The average Bonchev–Trinajstić information content (AvgIpc) is 3.24. The van der Waals surface area contributed by atoms with Gasteiger partial charge in [-0.1, -0.05) is 35.3 Å². The van der Waals surface area contributed by atoms with E-state index < -0.39 is 32.7 Å². The number of alkyl halides is 3. The van der Waals surface area contributed by atoms with Crippen molar-refractivity contribution < 1.29 is 26.4 Å².